The lowest BCUT2D eigenvalue weighted by molar-refractivity contribution is -0.127. The molecule has 3 nitrogen and oxygen atoms in total. The van der Waals surface area contributed by atoms with E-state index < -0.39 is 0 Å². The normalized spacial score (nSPS) is 33.3. The SMILES string of the molecule is CC(C)(C)C1CCCCC1NC(=O)[C@@H]1CCC[C@@H]1CN.Cl. The van der Waals surface area contributed by atoms with Crippen LogP contribution in [0.2, 0.25) is 0 Å². The lowest BCUT2D eigenvalue weighted by atomic mass is 9.69. The number of nitrogens with two attached hydrogens (primary N) is 1. The minimum Gasteiger partial charge on any atom is -0.353 e. The van der Waals surface area contributed by atoms with Gasteiger partial charge in [-0.05, 0) is 49.5 Å². The van der Waals surface area contributed by atoms with E-state index in [2.05, 4.69) is 26.1 Å². The topological polar surface area (TPSA) is 55.1 Å². The quantitative estimate of drug-likeness (QED) is 0.837. The van der Waals surface area contributed by atoms with Crippen LogP contribution in [0.4, 0.5) is 0 Å². The Hall–Kier alpha value is -0.280. The molecule has 124 valence electrons. The average Bonchev–Trinajstić information content (AvgIpc) is 2.86. The molecule has 2 aliphatic rings. The third kappa shape index (κ3) is 4.59. The lowest BCUT2D eigenvalue weighted by Crippen LogP contribution is -2.49. The van der Waals surface area contributed by atoms with Gasteiger partial charge in [-0.1, -0.05) is 40.0 Å². The van der Waals surface area contributed by atoms with Crippen LogP contribution in [-0.2, 0) is 4.79 Å². The Kier molecular flexibility index (Phi) is 6.99. The minimum absolute atomic E-state index is 0. The van der Waals surface area contributed by atoms with E-state index in [1.54, 1.807) is 0 Å². The van der Waals surface area contributed by atoms with Gasteiger partial charge in [0.1, 0.15) is 0 Å². The van der Waals surface area contributed by atoms with Crippen molar-refractivity contribution in [3.63, 3.8) is 0 Å². The largest absolute Gasteiger partial charge is 0.353 e. The Labute approximate surface area is 136 Å². The van der Waals surface area contributed by atoms with Gasteiger partial charge in [0.2, 0.25) is 5.91 Å². The fourth-order valence-electron chi connectivity index (χ4n) is 4.29. The number of rotatable bonds is 3. The third-order valence-corrected chi connectivity index (χ3v) is 5.50. The van der Waals surface area contributed by atoms with Crippen molar-refractivity contribution in [2.75, 3.05) is 6.54 Å². The van der Waals surface area contributed by atoms with Crippen LogP contribution < -0.4 is 11.1 Å². The number of hydrogen-bond donors (Lipinski definition) is 2. The summed E-state index contributed by atoms with van der Waals surface area (Å²) < 4.78 is 0. The van der Waals surface area contributed by atoms with Crippen LogP contribution in [0.5, 0.6) is 0 Å². The molecule has 2 unspecified atom stereocenters. The van der Waals surface area contributed by atoms with E-state index in [4.69, 9.17) is 5.73 Å². The van der Waals surface area contributed by atoms with Crippen molar-refractivity contribution in [3.8, 4) is 0 Å². The number of carbonyl (C=O) groups is 1. The molecule has 2 rings (SSSR count). The molecule has 0 aromatic rings. The fourth-order valence-corrected chi connectivity index (χ4v) is 4.29. The molecule has 0 aliphatic heterocycles. The predicted molar refractivity (Wildman–Crippen MR) is 90.5 cm³/mol. The fraction of sp³-hybridized carbons (Fsp3) is 0.941. The second-order valence-electron chi connectivity index (χ2n) is 7.91. The summed E-state index contributed by atoms with van der Waals surface area (Å²) >= 11 is 0. The van der Waals surface area contributed by atoms with Crippen LogP contribution in [0.25, 0.3) is 0 Å². The molecule has 0 heterocycles. The first kappa shape index (κ1) is 18.8. The molecule has 0 aromatic heterocycles. The molecule has 4 heteroatoms. The number of nitrogens with one attached hydrogen (secondary N) is 1. The van der Waals surface area contributed by atoms with Crippen molar-refractivity contribution in [3.05, 3.63) is 0 Å². The Morgan fingerprint density at radius 1 is 1.10 bits per heavy atom. The number of halogens is 1. The zero-order chi connectivity index (χ0) is 14.8. The first-order valence-corrected chi connectivity index (χ1v) is 8.44. The van der Waals surface area contributed by atoms with Crippen molar-refractivity contribution in [1.29, 1.82) is 0 Å². The van der Waals surface area contributed by atoms with Gasteiger partial charge in [-0.2, -0.15) is 0 Å². The Morgan fingerprint density at radius 2 is 1.76 bits per heavy atom. The molecule has 0 bridgehead atoms. The first-order valence-electron chi connectivity index (χ1n) is 8.44. The van der Waals surface area contributed by atoms with Crippen LogP contribution in [0.1, 0.15) is 65.7 Å². The van der Waals surface area contributed by atoms with Gasteiger partial charge in [0.15, 0.2) is 0 Å². The van der Waals surface area contributed by atoms with Gasteiger partial charge in [-0.25, -0.2) is 0 Å². The standard InChI is InChI=1S/C17H32N2O.ClH/c1-17(2,3)14-9-4-5-10-15(14)19-16(20)13-8-6-7-12(13)11-18;/h12-15H,4-11,18H2,1-3H3,(H,19,20);1H/t12-,13-,14?,15?;/m1./s1. The van der Waals surface area contributed by atoms with E-state index in [0.717, 1.165) is 25.7 Å². The van der Waals surface area contributed by atoms with E-state index in [1.807, 2.05) is 0 Å². The van der Waals surface area contributed by atoms with Crippen LogP contribution in [0.15, 0.2) is 0 Å². The zero-order valence-corrected chi connectivity index (χ0v) is 14.7. The van der Waals surface area contributed by atoms with Gasteiger partial charge in [0.05, 0.1) is 0 Å². The molecule has 2 saturated carbocycles. The van der Waals surface area contributed by atoms with Gasteiger partial charge in [-0.15, -0.1) is 12.4 Å². The smallest absolute Gasteiger partial charge is 0.223 e. The van der Waals surface area contributed by atoms with Gasteiger partial charge >= 0.3 is 0 Å². The summed E-state index contributed by atoms with van der Waals surface area (Å²) in [5, 5.41) is 3.39. The summed E-state index contributed by atoms with van der Waals surface area (Å²) in [5.74, 6) is 1.46. The van der Waals surface area contributed by atoms with E-state index in [9.17, 15) is 4.79 Å². The highest BCUT2D eigenvalue weighted by Gasteiger charge is 2.38. The van der Waals surface area contributed by atoms with Crippen LogP contribution in [0, 0.1) is 23.2 Å². The monoisotopic (exact) mass is 316 g/mol. The van der Waals surface area contributed by atoms with Crippen LogP contribution in [-0.4, -0.2) is 18.5 Å². The van der Waals surface area contributed by atoms with Gasteiger partial charge in [0.25, 0.3) is 0 Å². The first-order chi connectivity index (χ1) is 9.43. The summed E-state index contributed by atoms with van der Waals surface area (Å²) in [5.41, 5.74) is 6.09. The third-order valence-electron chi connectivity index (χ3n) is 5.50. The molecule has 0 radical (unpaired) electrons. The molecule has 3 N–H and O–H groups in total. The van der Waals surface area contributed by atoms with E-state index in [-0.39, 0.29) is 29.6 Å². The Morgan fingerprint density at radius 3 is 2.38 bits per heavy atom. The molecule has 0 aromatic carbocycles. The van der Waals surface area contributed by atoms with Crippen molar-refractivity contribution in [2.24, 2.45) is 28.9 Å². The number of carbonyl (C=O) groups excluding carboxylic acids is 1. The van der Waals surface area contributed by atoms with Gasteiger partial charge < -0.3 is 11.1 Å². The van der Waals surface area contributed by atoms with E-state index >= 15 is 0 Å². The minimum atomic E-state index is 0. The molecule has 2 fully saturated rings. The van der Waals surface area contributed by atoms with Crippen molar-refractivity contribution >= 4 is 18.3 Å². The molecule has 4 atom stereocenters. The highest BCUT2D eigenvalue weighted by Crippen LogP contribution is 2.39. The highest BCUT2D eigenvalue weighted by atomic mass is 35.5. The van der Waals surface area contributed by atoms with Crippen LogP contribution in [0.3, 0.4) is 0 Å². The lowest BCUT2D eigenvalue weighted by Gasteiger charge is -2.41. The van der Waals surface area contributed by atoms with Crippen molar-refractivity contribution in [2.45, 2.75) is 71.8 Å². The van der Waals surface area contributed by atoms with Gasteiger partial charge in [-0.3, -0.25) is 4.79 Å². The maximum absolute atomic E-state index is 12.6. The summed E-state index contributed by atoms with van der Waals surface area (Å²) in [6.07, 6.45) is 8.27. The summed E-state index contributed by atoms with van der Waals surface area (Å²) in [6, 6.07) is 0.371. The Balaban J connectivity index is 0.00000220. The summed E-state index contributed by atoms with van der Waals surface area (Å²) in [4.78, 5) is 12.6. The molecular weight excluding hydrogens is 284 g/mol. The van der Waals surface area contributed by atoms with E-state index in [0.29, 0.717) is 24.4 Å². The summed E-state index contributed by atoms with van der Waals surface area (Å²) in [6.45, 7) is 7.58. The number of amides is 1. The Bertz CT molecular complexity index is 340. The van der Waals surface area contributed by atoms with Crippen molar-refractivity contribution < 1.29 is 4.79 Å². The molecule has 0 saturated heterocycles. The van der Waals surface area contributed by atoms with E-state index in [1.165, 1.54) is 19.3 Å². The van der Waals surface area contributed by atoms with Crippen LogP contribution >= 0.6 is 12.4 Å². The highest BCUT2D eigenvalue weighted by molar-refractivity contribution is 5.85. The predicted octanol–water partition coefficient (Wildman–Crippen LogP) is 3.50. The second-order valence-corrected chi connectivity index (χ2v) is 7.91. The van der Waals surface area contributed by atoms with Crippen molar-refractivity contribution in [1.82, 2.24) is 5.32 Å². The molecule has 1 amide bonds. The molecule has 21 heavy (non-hydrogen) atoms. The second kappa shape index (κ2) is 7.82. The molecule has 0 spiro atoms. The average molecular weight is 317 g/mol. The number of hydrogen-bond acceptors (Lipinski definition) is 2. The van der Waals surface area contributed by atoms with Gasteiger partial charge in [0, 0.05) is 12.0 Å². The summed E-state index contributed by atoms with van der Waals surface area (Å²) in [7, 11) is 0. The maximum Gasteiger partial charge on any atom is 0.223 e. The molecule has 2 aliphatic carbocycles. The zero-order valence-electron chi connectivity index (χ0n) is 13.9. The maximum atomic E-state index is 12.6. The molecular formula is C17H33ClN2O.